The smallest absolute Gasteiger partial charge is 0.341 e. The molecule has 1 aromatic heterocycles. The molecule has 0 spiro atoms. The van der Waals surface area contributed by atoms with E-state index in [1.54, 1.807) is 23.7 Å². The van der Waals surface area contributed by atoms with Gasteiger partial charge in [0.1, 0.15) is 5.56 Å². The quantitative estimate of drug-likeness (QED) is 0.609. The second-order valence-corrected chi connectivity index (χ2v) is 7.65. The number of hydrogen-bond acceptors (Lipinski definition) is 4. The van der Waals surface area contributed by atoms with Gasteiger partial charge in [0.25, 0.3) is 5.91 Å². The summed E-state index contributed by atoms with van der Waals surface area (Å²) in [6, 6.07) is 17.6. The molecule has 154 valence electrons. The first-order valence-electron chi connectivity index (χ1n) is 10.2. The van der Waals surface area contributed by atoms with Gasteiger partial charge in [0.2, 0.25) is 0 Å². The van der Waals surface area contributed by atoms with Crippen LogP contribution in [0.3, 0.4) is 0 Å². The van der Waals surface area contributed by atoms with Gasteiger partial charge in [-0.2, -0.15) is 5.10 Å². The van der Waals surface area contributed by atoms with E-state index in [0.29, 0.717) is 30.0 Å². The van der Waals surface area contributed by atoms with Crippen molar-refractivity contribution in [3.8, 4) is 5.69 Å². The van der Waals surface area contributed by atoms with Crippen LogP contribution in [0.4, 0.5) is 0 Å². The van der Waals surface area contributed by atoms with Gasteiger partial charge in [-0.25, -0.2) is 9.48 Å². The van der Waals surface area contributed by atoms with E-state index in [9.17, 15) is 9.59 Å². The van der Waals surface area contributed by atoms with Gasteiger partial charge < -0.3 is 10.1 Å². The summed E-state index contributed by atoms with van der Waals surface area (Å²) in [6.07, 6.45) is 3.70. The van der Waals surface area contributed by atoms with Gasteiger partial charge >= 0.3 is 5.97 Å². The number of benzene rings is 2. The number of nitrogens with zero attached hydrogens (tertiary/aromatic N) is 2. The number of hydrogen-bond donors (Lipinski definition) is 1. The van der Waals surface area contributed by atoms with E-state index in [0.717, 1.165) is 18.5 Å². The van der Waals surface area contributed by atoms with Crippen LogP contribution in [0.5, 0.6) is 0 Å². The largest absolute Gasteiger partial charge is 0.462 e. The molecule has 6 heteroatoms. The second kappa shape index (κ2) is 8.14. The fourth-order valence-electron chi connectivity index (χ4n) is 3.69. The molecule has 4 rings (SSSR count). The molecule has 0 radical (unpaired) electrons. The standard InChI is InChI=1S/C24H25N3O3/c1-3-30-23(29)21-15-26-27(17(21)2)20-11-9-18(10-12-20)22(28)25-16-24(13-14-24)19-7-5-4-6-8-19/h4-12,15H,3,13-14,16H2,1-2H3,(H,25,28). The van der Waals surface area contributed by atoms with Crippen molar-refractivity contribution < 1.29 is 14.3 Å². The number of carbonyl (C=O) groups excluding carboxylic acids is 2. The Balaban J connectivity index is 1.43. The molecule has 0 saturated heterocycles. The molecular formula is C24H25N3O3. The van der Waals surface area contributed by atoms with Gasteiger partial charge in [0, 0.05) is 17.5 Å². The van der Waals surface area contributed by atoms with Crippen molar-refractivity contribution in [2.24, 2.45) is 0 Å². The van der Waals surface area contributed by atoms with Crippen LogP contribution in [0, 0.1) is 6.92 Å². The van der Waals surface area contributed by atoms with Gasteiger partial charge in [-0.1, -0.05) is 30.3 Å². The average Bonchev–Trinajstić information content (AvgIpc) is 3.48. The fraction of sp³-hybridized carbons (Fsp3) is 0.292. The number of nitrogens with one attached hydrogen (secondary N) is 1. The SMILES string of the molecule is CCOC(=O)c1cnn(-c2ccc(C(=O)NCC3(c4ccccc4)CC3)cc2)c1C. The molecule has 1 heterocycles. The van der Waals surface area contributed by atoms with E-state index < -0.39 is 0 Å². The number of aromatic nitrogens is 2. The molecule has 6 nitrogen and oxygen atoms in total. The number of amides is 1. The zero-order valence-electron chi connectivity index (χ0n) is 17.2. The third kappa shape index (κ3) is 3.85. The van der Waals surface area contributed by atoms with Crippen molar-refractivity contribution in [3.63, 3.8) is 0 Å². The molecular weight excluding hydrogens is 378 g/mol. The van der Waals surface area contributed by atoms with Crippen LogP contribution in [0.25, 0.3) is 5.69 Å². The second-order valence-electron chi connectivity index (χ2n) is 7.65. The molecule has 3 aromatic rings. The summed E-state index contributed by atoms with van der Waals surface area (Å²) in [6.45, 7) is 4.54. The molecule has 1 amide bonds. The molecule has 0 unspecified atom stereocenters. The summed E-state index contributed by atoms with van der Waals surface area (Å²) in [4.78, 5) is 24.6. The fourth-order valence-corrected chi connectivity index (χ4v) is 3.69. The Morgan fingerprint density at radius 3 is 2.43 bits per heavy atom. The first kappa shape index (κ1) is 19.9. The van der Waals surface area contributed by atoms with Crippen LogP contribution >= 0.6 is 0 Å². The molecule has 0 atom stereocenters. The van der Waals surface area contributed by atoms with Crippen LogP contribution in [0.15, 0.2) is 60.8 Å². The Labute approximate surface area is 175 Å². The maximum Gasteiger partial charge on any atom is 0.341 e. The lowest BCUT2D eigenvalue weighted by Crippen LogP contribution is -2.32. The molecule has 1 aliphatic carbocycles. The number of ether oxygens (including phenoxy) is 1. The predicted octanol–water partition coefficient (Wildman–Crippen LogP) is 3.82. The summed E-state index contributed by atoms with van der Waals surface area (Å²) in [5.41, 5.74) is 3.87. The van der Waals surface area contributed by atoms with E-state index in [4.69, 9.17) is 4.74 Å². The number of rotatable bonds is 7. The number of esters is 1. The third-order valence-electron chi connectivity index (χ3n) is 5.71. The average molecular weight is 403 g/mol. The first-order chi connectivity index (χ1) is 14.5. The first-order valence-corrected chi connectivity index (χ1v) is 10.2. The molecule has 2 aromatic carbocycles. The van der Waals surface area contributed by atoms with Crippen LogP contribution in [-0.2, 0) is 10.2 Å². The molecule has 1 aliphatic rings. The zero-order chi connectivity index (χ0) is 21.1. The monoisotopic (exact) mass is 403 g/mol. The molecule has 1 saturated carbocycles. The van der Waals surface area contributed by atoms with Gasteiger partial charge in [0.15, 0.2) is 0 Å². The van der Waals surface area contributed by atoms with Crippen LogP contribution in [0.1, 0.15) is 51.7 Å². The lowest BCUT2D eigenvalue weighted by molar-refractivity contribution is 0.0525. The molecule has 0 aliphatic heterocycles. The van der Waals surface area contributed by atoms with Crippen molar-refractivity contribution in [2.45, 2.75) is 32.1 Å². The molecule has 1 N–H and O–H groups in total. The maximum atomic E-state index is 12.6. The van der Waals surface area contributed by atoms with Gasteiger partial charge in [-0.15, -0.1) is 0 Å². The van der Waals surface area contributed by atoms with Crippen molar-refractivity contribution in [1.82, 2.24) is 15.1 Å². The summed E-state index contributed by atoms with van der Waals surface area (Å²) < 4.78 is 6.72. The molecule has 30 heavy (non-hydrogen) atoms. The normalized spacial score (nSPS) is 14.2. The molecule has 0 bridgehead atoms. The van der Waals surface area contributed by atoms with E-state index in [-0.39, 0.29) is 17.3 Å². The molecule has 1 fully saturated rings. The van der Waals surface area contributed by atoms with Crippen LogP contribution in [0.2, 0.25) is 0 Å². The minimum Gasteiger partial charge on any atom is -0.462 e. The van der Waals surface area contributed by atoms with Gasteiger partial charge in [-0.3, -0.25) is 4.79 Å². The minimum absolute atomic E-state index is 0.0759. The highest BCUT2D eigenvalue weighted by molar-refractivity contribution is 5.94. The Morgan fingerprint density at radius 1 is 1.10 bits per heavy atom. The highest BCUT2D eigenvalue weighted by Gasteiger charge is 2.44. The Hall–Kier alpha value is -3.41. The van der Waals surface area contributed by atoms with Crippen molar-refractivity contribution in [3.05, 3.63) is 83.2 Å². The Bertz CT molecular complexity index is 1050. The summed E-state index contributed by atoms with van der Waals surface area (Å²) in [7, 11) is 0. The predicted molar refractivity (Wildman–Crippen MR) is 114 cm³/mol. The summed E-state index contributed by atoms with van der Waals surface area (Å²) in [5.74, 6) is -0.474. The van der Waals surface area contributed by atoms with E-state index in [1.165, 1.54) is 11.8 Å². The Morgan fingerprint density at radius 2 is 1.80 bits per heavy atom. The highest BCUT2D eigenvalue weighted by Crippen LogP contribution is 2.47. The summed E-state index contributed by atoms with van der Waals surface area (Å²) >= 11 is 0. The third-order valence-corrected chi connectivity index (χ3v) is 5.71. The Kier molecular flexibility index (Phi) is 5.40. The van der Waals surface area contributed by atoms with Crippen molar-refractivity contribution >= 4 is 11.9 Å². The zero-order valence-corrected chi connectivity index (χ0v) is 17.2. The van der Waals surface area contributed by atoms with Crippen molar-refractivity contribution in [1.29, 1.82) is 0 Å². The van der Waals surface area contributed by atoms with Crippen molar-refractivity contribution in [2.75, 3.05) is 13.2 Å². The lowest BCUT2D eigenvalue weighted by atomic mass is 9.96. The maximum absolute atomic E-state index is 12.6. The van der Waals surface area contributed by atoms with E-state index >= 15 is 0 Å². The lowest BCUT2D eigenvalue weighted by Gasteiger charge is -2.16. The highest BCUT2D eigenvalue weighted by atomic mass is 16.5. The summed E-state index contributed by atoms with van der Waals surface area (Å²) in [5, 5.41) is 7.37. The van der Waals surface area contributed by atoms with E-state index in [1.807, 2.05) is 37.3 Å². The van der Waals surface area contributed by atoms with Crippen LogP contribution < -0.4 is 5.32 Å². The minimum atomic E-state index is -0.385. The van der Waals surface area contributed by atoms with Crippen LogP contribution in [-0.4, -0.2) is 34.8 Å². The van der Waals surface area contributed by atoms with Gasteiger partial charge in [-0.05, 0) is 56.5 Å². The van der Waals surface area contributed by atoms with Gasteiger partial charge in [0.05, 0.1) is 24.2 Å². The topological polar surface area (TPSA) is 73.2 Å². The van der Waals surface area contributed by atoms with E-state index in [2.05, 4.69) is 22.5 Å². The number of carbonyl (C=O) groups is 2.